The molecule has 1 amide bonds. The summed E-state index contributed by atoms with van der Waals surface area (Å²) in [5.74, 6) is -0.0889. The van der Waals surface area contributed by atoms with E-state index in [-0.39, 0.29) is 5.91 Å². The summed E-state index contributed by atoms with van der Waals surface area (Å²) in [5, 5.41) is 4.14. The number of carbonyl (C=O) groups excluding carboxylic acids is 1. The Morgan fingerprint density at radius 3 is 2.80 bits per heavy atom. The summed E-state index contributed by atoms with van der Waals surface area (Å²) < 4.78 is 5.45. The molecule has 2 aliphatic rings. The van der Waals surface area contributed by atoms with Gasteiger partial charge in [0.05, 0.1) is 18.2 Å². The standard InChI is InChI=1S/C24H31N3O2S/c1-30-23-10-9-22(25-23)24(28)26-21-8-7-18(11-12-27-13-15-29-16-14-27)17-20(21)19-5-3-2-4-6-19/h5,7-10,17,25H,2-4,6,11-16H2,1H3,(H,26,28). The Labute approximate surface area is 183 Å². The van der Waals surface area contributed by atoms with Gasteiger partial charge in [0, 0.05) is 30.9 Å². The Morgan fingerprint density at radius 2 is 2.07 bits per heavy atom. The molecule has 2 N–H and O–H groups in total. The third-order valence-corrected chi connectivity index (χ3v) is 6.59. The van der Waals surface area contributed by atoms with Gasteiger partial charge in [-0.25, -0.2) is 0 Å². The molecule has 1 fully saturated rings. The van der Waals surface area contributed by atoms with E-state index < -0.39 is 0 Å². The van der Waals surface area contributed by atoms with Crippen molar-refractivity contribution in [3.63, 3.8) is 0 Å². The molecule has 1 saturated heterocycles. The molecular weight excluding hydrogens is 394 g/mol. The van der Waals surface area contributed by atoms with Crippen LogP contribution in [0.3, 0.4) is 0 Å². The molecule has 0 atom stereocenters. The number of H-pyrrole nitrogens is 1. The van der Waals surface area contributed by atoms with Gasteiger partial charge in [-0.3, -0.25) is 9.69 Å². The van der Waals surface area contributed by atoms with E-state index in [1.807, 2.05) is 18.4 Å². The molecule has 0 unspecified atom stereocenters. The fraction of sp³-hybridized carbons (Fsp3) is 0.458. The van der Waals surface area contributed by atoms with Gasteiger partial charge in [-0.1, -0.05) is 12.1 Å². The number of benzene rings is 1. The highest BCUT2D eigenvalue weighted by molar-refractivity contribution is 7.98. The predicted octanol–water partition coefficient (Wildman–Crippen LogP) is 4.82. The number of hydrogen-bond acceptors (Lipinski definition) is 4. The minimum atomic E-state index is -0.0889. The first-order valence-electron chi connectivity index (χ1n) is 10.9. The molecule has 0 bridgehead atoms. The summed E-state index contributed by atoms with van der Waals surface area (Å²) in [6.45, 7) is 4.74. The summed E-state index contributed by atoms with van der Waals surface area (Å²) >= 11 is 1.60. The van der Waals surface area contributed by atoms with E-state index in [9.17, 15) is 4.79 Å². The third-order valence-electron chi connectivity index (χ3n) is 5.91. The lowest BCUT2D eigenvalue weighted by atomic mass is 9.91. The van der Waals surface area contributed by atoms with Crippen LogP contribution >= 0.6 is 11.8 Å². The maximum atomic E-state index is 12.8. The zero-order valence-electron chi connectivity index (χ0n) is 17.7. The number of aromatic amines is 1. The van der Waals surface area contributed by atoms with Crippen molar-refractivity contribution in [1.29, 1.82) is 0 Å². The van der Waals surface area contributed by atoms with Crippen LogP contribution in [0.15, 0.2) is 41.4 Å². The van der Waals surface area contributed by atoms with Gasteiger partial charge in [-0.2, -0.15) is 0 Å². The zero-order chi connectivity index (χ0) is 20.8. The number of amides is 1. The number of thioether (sulfide) groups is 1. The second kappa shape index (κ2) is 10.3. The van der Waals surface area contributed by atoms with Gasteiger partial charge in [0.25, 0.3) is 5.91 Å². The average molecular weight is 426 g/mol. The monoisotopic (exact) mass is 425 g/mol. The first-order chi connectivity index (χ1) is 14.7. The molecule has 0 radical (unpaired) electrons. The zero-order valence-corrected chi connectivity index (χ0v) is 18.5. The fourth-order valence-corrected chi connectivity index (χ4v) is 4.55. The van der Waals surface area contributed by atoms with Crippen molar-refractivity contribution in [2.45, 2.75) is 37.1 Å². The molecule has 1 aromatic heterocycles. The van der Waals surface area contributed by atoms with Gasteiger partial charge in [-0.15, -0.1) is 11.8 Å². The Morgan fingerprint density at radius 1 is 1.20 bits per heavy atom. The minimum Gasteiger partial charge on any atom is -0.379 e. The third kappa shape index (κ3) is 5.36. The Bertz CT molecular complexity index is 900. The molecule has 1 aliphatic heterocycles. The molecule has 4 rings (SSSR count). The van der Waals surface area contributed by atoms with E-state index in [2.05, 4.69) is 39.5 Å². The van der Waals surface area contributed by atoms with Crippen molar-refractivity contribution < 1.29 is 9.53 Å². The summed E-state index contributed by atoms with van der Waals surface area (Å²) in [4.78, 5) is 18.4. The van der Waals surface area contributed by atoms with Crippen molar-refractivity contribution >= 4 is 28.9 Å². The fourth-order valence-electron chi connectivity index (χ4n) is 4.13. The molecule has 1 aromatic carbocycles. The SMILES string of the molecule is CSc1ccc(C(=O)Nc2ccc(CCN3CCOCC3)cc2C2=CCCCC2)[nH]1. The lowest BCUT2D eigenvalue weighted by molar-refractivity contribution is 0.0384. The van der Waals surface area contributed by atoms with Crippen LogP contribution < -0.4 is 5.32 Å². The number of hydrogen-bond donors (Lipinski definition) is 2. The topological polar surface area (TPSA) is 57.4 Å². The number of ether oxygens (including phenoxy) is 1. The largest absolute Gasteiger partial charge is 0.379 e. The number of anilines is 1. The average Bonchev–Trinajstić information content (AvgIpc) is 3.29. The molecular formula is C24H31N3O2S. The number of rotatable bonds is 7. The first kappa shape index (κ1) is 21.2. The van der Waals surface area contributed by atoms with E-state index in [4.69, 9.17) is 4.74 Å². The van der Waals surface area contributed by atoms with Crippen LogP contribution in [-0.4, -0.2) is 54.9 Å². The van der Waals surface area contributed by atoms with Gasteiger partial charge in [0.15, 0.2) is 0 Å². The molecule has 30 heavy (non-hydrogen) atoms. The Kier molecular flexibility index (Phi) is 7.31. The molecule has 2 aromatic rings. The summed E-state index contributed by atoms with van der Waals surface area (Å²) in [5.41, 5.74) is 5.37. The van der Waals surface area contributed by atoms with Gasteiger partial charge in [0.1, 0.15) is 5.69 Å². The minimum absolute atomic E-state index is 0.0889. The number of allylic oxidation sites excluding steroid dienone is 2. The second-order valence-corrected chi connectivity index (χ2v) is 8.80. The van der Waals surface area contributed by atoms with Crippen molar-refractivity contribution in [1.82, 2.24) is 9.88 Å². The van der Waals surface area contributed by atoms with E-state index in [0.29, 0.717) is 5.69 Å². The molecule has 160 valence electrons. The molecule has 1 aliphatic carbocycles. The van der Waals surface area contributed by atoms with E-state index in [1.54, 1.807) is 11.8 Å². The maximum Gasteiger partial charge on any atom is 0.272 e. The Balaban J connectivity index is 1.52. The van der Waals surface area contributed by atoms with Crippen molar-refractivity contribution in [2.24, 2.45) is 0 Å². The number of morpholine rings is 1. The van der Waals surface area contributed by atoms with Crippen LogP contribution in [0, 0.1) is 0 Å². The normalized spacial score (nSPS) is 17.6. The molecule has 0 spiro atoms. The summed E-state index contributed by atoms with van der Waals surface area (Å²) in [6.07, 6.45) is 10.0. The van der Waals surface area contributed by atoms with Crippen LogP contribution in [-0.2, 0) is 11.2 Å². The highest BCUT2D eigenvalue weighted by Gasteiger charge is 2.16. The van der Waals surface area contributed by atoms with Gasteiger partial charge < -0.3 is 15.0 Å². The summed E-state index contributed by atoms with van der Waals surface area (Å²) in [7, 11) is 0. The van der Waals surface area contributed by atoms with Crippen LogP contribution in [0.5, 0.6) is 0 Å². The number of aromatic nitrogens is 1. The predicted molar refractivity (Wildman–Crippen MR) is 124 cm³/mol. The van der Waals surface area contributed by atoms with Gasteiger partial charge in [-0.05, 0) is 73.8 Å². The van der Waals surface area contributed by atoms with Crippen LogP contribution in [0.4, 0.5) is 5.69 Å². The van der Waals surface area contributed by atoms with Crippen LogP contribution in [0.25, 0.3) is 5.57 Å². The smallest absolute Gasteiger partial charge is 0.272 e. The molecule has 6 heteroatoms. The summed E-state index contributed by atoms with van der Waals surface area (Å²) in [6, 6.07) is 10.3. The van der Waals surface area contributed by atoms with E-state index in [0.717, 1.165) is 62.8 Å². The molecule has 5 nitrogen and oxygen atoms in total. The quantitative estimate of drug-likeness (QED) is 0.625. The lowest BCUT2D eigenvalue weighted by Crippen LogP contribution is -2.37. The van der Waals surface area contributed by atoms with E-state index in [1.165, 1.54) is 29.5 Å². The molecule has 2 heterocycles. The van der Waals surface area contributed by atoms with Gasteiger partial charge >= 0.3 is 0 Å². The van der Waals surface area contributed by atoms with Crippen molar-refractivity contribution in [3.05, 3.63) is 53.2 Å². The maximum absolute atomic E-state index is 12.8. The van der Waals surface area contributed by atoms with Gasteiger partial charge in [0.2, 0.25) is 0 Å². The number of carbonyl (C=O) groups is 1. The first-order valence-corrected chi connectivity index (χ1v) is 12.1. The van der Waals surface area contributed by atoms with Crippen molar-refractivity contribution in [2.75, 3.05) is 44.4 Å². The molecule has 0 saturated carbocycles. The van der Waals surface area contributed by atoms with Crippen LogP contribution in [0.2, 0.25) is 0 Å². The number of nitrogens with zero attached hydrogens (tertiary/aromatic N) is 1. The second-order valence-electron chi connectivity index (χ2n) is 7.95. The van der Waals surface area contributed by atoms with E-state index >= 15 is 0 Å². The Hall–Kier alpha value is -2.02. The van der Waals surface area contributed by atoms with Crippen molar-refractivity contribution in [3.8, 4) is 0 Å². The lowest BCUT2D eigenvalue weighted by Gasteiger charge is -2.26. The highest BCUT2D eigenvalue weighted by atomic mass is 32.2. The van der Waals surface area contributed by atoms with Crippen LogP contribution in [0.1, 0.15) is 47.3 Å². The number of nitrogens with one attached hydrogen (secondary N) is 2. The highest BCUT2D eigenvalue weighted by Crippen LogP contribution is 2.33.